The topological polar surface area (TPSA) is 93.7 Å². The second kappa shape index (κ2) is 7.15. The Hall–Kier alpha value is -1.93. The van der Waals surface area contributed by atoms with Crippen LogP contribution in [-0.2, 0) is 19.1 Å². The first-order chi connectivity index (χ1) is 12.5. The Morgan fingerprint density at radius 3 is 2.14 bits per heavy atom. The Kier molecular flexibility index (Phi) is 5.71. The van der Waals surface area contributed by atoms with E-state index in [0.29, 0.717) is 0 Å². The van der Waals surface area contributed by atoms with E-state index in [-0.39, 0.29) is 12.8 Å². The van der Waals surface area contributed by atoms with Crippen molar-refractivity contribution in [1.29, 1.82) is 0 Å². The first-order valence-electron chi connectivity index (χ1n) is 9.42. The molecule has 2 rings (SSSR count). The first-order valence-corrected chi connectivity index (χ1v) is 9.42. The molecule has 28 heavy (non-hydrogen) atoms. The summed E-state index contributed by atoms with van der Waals surface area (Å²) in [4.78, 5) is 37.0. The van der Waals surface area contributed by atoms with Gasteiger partial charge < -0.3 is 20.1 Å². The van der Waals surface area contributed by atoms with Crippen molar-refractivity contribution >= 4 is 18.0 Å². The summed E-state index contributed by atoms with van der Waals surface area (Å²) in [5, 5.41) is 5.10. The number of alkyl carbamates (subject to hydrolysis) is 1. The van der Waals surface area contributed by atoms with Crippen LogP contribution >= 0.6 is 0 Å². The molecule has 2 fully saturated rings. The second-order valence-corrected chi connectivity index (χ2v) is 9.85. The van der Waals surface area contributed by atoms with Gasteiger partial charge in [-0.25, -0.2) is 18.4 Å². The lowest BCUT2D eigenvalue weighted by Crippen LogP contribution is -2.58. The van der Waals surface area contributed by atoms with Crippen molar-refractivity contribution < 1.29 is 32.6 Å². The fourth-order valence-corrected chi connectivity index (χ4v) is 3.66. The van der Waals surface area contributed by atoms with Crippen LogP contribution in [0, 0.1) is 5.92 Å². The molecule has 0 aromatic carbocycles. The number of hydrogen-bond acceptors (Lipinski definition) is 5. The molecule has 2 amide bonds. The summed E-state index contributed by atoms with van der Waals surface area (Å²) in [6.07, 6.45) is -1.48. The van der Waals surface area contributed by atoms with E-state index in [4.69, 9.17) is 9.47 Å². The molecule has 2 N–H and O–H groups in total. The fourth-order valence-electron chi connectivity index (χ4n) is 3.66. The van der Waals surface area contributed by atoms with Crippen LogP contribution in [0.2, 0.25) is 0 Å². The number of hydrogen-bond donors (Lipinski definition) is 2. The van der Waals surface area contributed by atoms with Crippen molar-refractivity contribution in [2.45, 2.75) is 95.9 Å². The molecule has 160 valence electrons. The van der Waals surface area contributed by atoms with Gasteiger partial charge in [0.2, 0.25) is 5.91 Å². The van der Waals surface area contributed by atoms with Gasteiger partial charge in [0.25, 0.3) is 5.92 Å². The zero-order valence-corrected chi connectivity index (χ0v) is 17.3. The lowest BCUT2D eigenvalue weighted by Gasteiger charge is -2.44. The predicted molar refractivity (Wildman–Crippen MR) is 96.8 cm³/mol. The van der Waals surface area contributed by atoms with Gasteiger partial charge in [0, 0.05) is 18.8 Å². The number of esters is 1. The highest BCUT2D eigenvalue weighted by molar-refractivity contribution is 5.85. The third-order valence-electron chi connectivity index (χ3n) is 4.49. The van der Waals surface area contributed by atoms with Crippen molar-refractivity contribution in [2.75, 3.05) is 0 Å². The monoisotopic (exact) mass is 404 g/mol. The van der Waals surface area contributed by atoms with Gasteiger partial charge in [0.15, 0.2) is 0 Å². The molecule has 0 aromatic rings. The maximum absolute atomic E-state index is 13.3. The lowest BCUT2D eigenvalue weighted by molar-refractivity contribution is -0.158. The molecule has 1 aliphatic carbocycles. The van der Waals surface area contributed by atoms with Crippen LogP contribution < -0.4 is 10.6 Å². The molecule has 0 bridgehead atoms. The first kappa shape index (κ1) is 22.4. The van der Waals surface area contributed by atoms with Crippen LogP contribution in [0.1, 0.15) is 67.2 Å². The predicted octanol–water partition coefficient (Wildman–Crippen LogP) is 2.92. The second-order valence-electron chi connectivity index (χ2n) is 9.85. The molecule has 7 nitrogen and oxygen atoms in total. The van der Waals surface area contributed by atoms with E-state index in [2.05, 4.69) is 10.6 Å². The number of halogens is 2. The molecule has 1 saturated carbocycles. The van der Waals surface area contributed by atoms with E-state index in [1.165, 1.54) is 0 Å². The van der Waals surface area contributed by atoms with E-state index in [9.17, 15) is 23.2 Å². The van der Waals surface area contributed by atoms with Gasteiger partial charge in [-0.05, 0) is 54.4 Å². The van der Waals surface area contributed by atoms with Gasteiger partial charge in [-0.1, -0.05) is 0 Å². The van der Waals surface area contributed by atoms with Crippen LogP contribution in [0.15, 0.2) is 0 Å². The average Bonchev–Trinajstić information content (AvgIpc) is 2.68. The third kappa shape index (κ3) is 6.04. The van der Waals surface area contributed by atoms with E-state index in [1.54, 1.807) is 41.5 Å². The molecule has 1 saturated heterocycles. The molecule has 1 heterocycles. The summed E-state index contributed by atoms with van der Waals surface area (Å²) in [6.45, 7) is 10.1. The Morgan fingerprint density at radius 1 is 1.14 bits per heavy atom. The zero-order chi connectivity index (χ0) is 21.5. The molecule has 1 spiro atoms. The Labute approximate surface area is 163 Å². The molecule has 2 aliphatic rings. The highest BCUT2D eigenvalue weighted by Crippen LogP contribution is 2.51. The highest BCUT2D eigenvalue weighted by atomic mass is 19.3. The minimum absolute atomic E-state index is 0.0483. The number of ether oxygens (including phenoxy) is 2. The highest BCUT2D eigenvalue weighted by Gasteiger charge is 2.61. The van der Waals surface area contributed by atoms with Crippen LogP contribution in [0.5, 0.6) is 0 Å². The van der Waals surface area contributed by atoms with E-state index >= 15 is 0 Å². The van der Waals surface area contributed by atoms with Crippen LogP contribution in [0.3, 0.4) is 0 Å². The van der Waals surface area contributed by atoms with E-state index in [1.807, 2.05) is 0 Å². The minimum atomic E-state index is -2.78. The smallest absolute Gasteiger partial charge is 0.408 e. The van der Waals surface area contributed by atoms with Crippen molar-refractivity contribution in [3.63, 3.8) is 0 Å². The summed E-state index contributed by atoms with van der Waals surface area (Å²) in [5.41, 5.74) is -2.48. The van der Waals surface area contributed by atoms with Crippen LogP contribution in [0.4, 0.5) is 13.6 Å². The number of nitrogens with one attached hydrogen (secondary N) is 2. The average molecular weight is 404 g/mol. The van der Waals surface area contributed by atoms with E-state index in [0.717, 1.165) is 0 Å². The SMILES string of the molecule is CC(C)(C)OC(=O)N[C@@H](CC1CC2(CC(F)(F)C2)NC1=O)C(=O)OC(C)(C)C. The maximum Gasteiger partial charge on any atom is 0.408 e. The van der Waals surface area contributed by atoms with Crippen LogP contribution in [-0.4, -0.2) is 46.7 Å². The van der Waals surface area contributed by atoms with Crippen molar-refractivity contribution in [3.05, 3.63) is 0 Å². The third-order valence-corrected chi connectivity index (χ3v) is 4.49. The number of carbonyl (C=O) groups is 3. The van der Waals surface area contributed by atoms with Gasteiger partial charge in [0.1, 0.15) is 17.2 Å². The number of carbonyl (C=O) groups excluding carboxylic acids is 3. The quantitative estimate of drug-likeness (QED) is 0.703. The largest absolute Gasteiger partial charge is 0.458 e. The lowest BCUT2D eigenvalue weighted by atomic mass is 9.71. The van der Waals surface area contributed by atoms with E-state index < -0.39 is 65.4 Å². The summed E-state index contributed by atoms with van der Waals surface area (Å²) in [5.74, 6) is -4.55. The number of rotatable bonds is 4. The molecule has 0 radical (unpaired) electrons. The Morgan fingerprint density at radius 2 is 1.68 bits per heavy atom. The summed E-state index contributed by atoms with van der Waals surface area (Å²) in [7, 11) is 0. The van der Waals surface area contributed by atoms with Gasteiger partial charge in [0.05, 0.1) is 5.54 Å². The van der Waals surface area contributed by atoms with Gasteiger partial charge in [-0.15, -0.1) is 0 Å². The van der Waals surface area contributed by atoms with Crippen molar-refractivity contribution in [1.82, 2.24) is 10.6 Å². The van der Waals surface area contributed by atoms with Gasteiger partial charge in [-0.3, -0.25) is 4.79 Å². The number of amides is 2. The fraction of sp³-hybridized carbons (Fsp3) is 0.842. The Bertz CT molecular complexity index is 644. The van der Waals surface area contributed by atoms with Crippen molar-refractivity contribution in [3.8, 4) is 0 Å². The summed E-state index contributed by atoms with van der Waals surface area (Å²) >= 11 is 0. The number of alkyl halides is 2. The molecular weight excluding hydrogens is 374 g/mol. The minimum Gasteiger partial charge on any atom is -0.458 e. The summed E-state index contributed by atoms with van der Waals surface area (Å²) in [6, 6.07) is -1.12. The molecule has 1 unspecified atom stereocenters. The summed E-state index contributed by atoms with van der Waals surface area (Å²) < 4.78 is 37.1. The van der Waals surface area contributed by atoms with Gasteiger partial charge in [-0.2, -0.15) is 0 Å². The standard InChI is InChI=1S/C19H30F2N2O5/c1-16(2,3)27-14(25)12(22-15(26)28-17(4,5)6)7-11-8-18(23-13(11)24)9-19(20,21)10-18/h11-12H,7-10H2,1-6H3,(H,22,26)(H,23,24)/t11?,12-/m0/s1. The maximum atomic E-state index is 13.3. The van der Waals surface area contributed by atoms with Crippen LogP contribution in [0.25, 0.3) is 0 Å². The Balaban J connectivity index is 2.07. The molecule has 1 aliphatic heterocycles. The molecular formula is C19H30F2N2O5. The normalized spacial score (nSPS) is 24.1. The molecule has 0 aromatic heterocycles. The van der Waals surface area contributed by atoms with Crippen molar-refractivity contribution in [2.24, 2.45) is 5.92 Å². The van der Waals surface area contributed by atoms with Gasteiger partial charge >= 0.3 is 12.1 Å². The molecule has 2 atom stereocenters. The molecule has 9 heteroatoms. The zero-order valence-electron chi connectivity index (χ0n) is 17.3.